The molecule has 176 valence electrons. The molecular weight excluding hydrogens is 470 g/mol. The molecule has 0 saturated carbocycles. The number of nitrogens with zero attached hydrogens (tertiary/aromatic N) is 1. The molecule has 0 aliphatic rings. The summed E-state index contributed by atoms with van der Waals surface area (Å²) in [4.78, 5) is 27.3. The van der Waals surface area contributed by atoms with E-state index in [0.29, 0.717) is 45.5 Å². The van der Waals surface area contributed by atoms with E-state index in [0.717, 1.165) is 0 Å². The van der Waals surface area contributed by atoms with Gasteiger partial charge in [0.15, 0.2) is 17.2 Å². The lowest BCUT2D eigenvalue weighted by molar-refractivity contribution is 0.0802. The second-order valence-corrected chi connectivity index (χ2v) is 9.72. The quantitative estimate of drug-likeness (QED) is 0.377. The fraction of sp³-hybridized carbons (Fsp3) is 0.304. The van der Waals surface area contributed by atoms with Crippen LogP contribution in [0.1, 0.15) is 10.4 Å². The molecule has 0 radical (unpaired) electrons. The van der Waals surface area contributed by atoms with Crippen LogP contribution in [0.2, 0.25) is 5.02 Å². The lowest BCUT2D eigenvalue weighted by atomic mass is 10.1. The number of carbonyl (C=O) groups is 1. The highest BCUT2D eigenvalue weighted by Gasteiger charge is 2.29. The lowest BCUT2D eigenvalue weighted by Gasteiger charge is -2.19. The molecular formula is C23H25ClNO7S+. The van der Waals surface area contributed by atoms with Crippen LogP contribution in [0.25, 0.3) is 11.0 Å². The van der Waals surface area contributed by atoms with Gasteiger partial charge in [-0.1, -0.05) is 11.6 Å². The number of rotatable bonds is 8. The monoisotopic (exact) mass is 494 g/mol. The molecule has 1 N–H and O–H groups in total. The summed E-state index contributed by atoms with van der Waals surface area (Å²) in [5, 5.41) is 11.5. The average Bonchev–Trinajstić information content (AvgIpc) is 2.80. The molecule has 1 amide bonds. The number of benzene rings is 2. The highest BCUT2D eigenvalue weighted by molar-refractivity contribution is 7.96. The van der Waals surface area contributed by atoms with Gasteiger partial charge in [-0.3, -0.25) is 4.79 Å². The van der Waals surface area contributed by atoms with E-state index in [-0.39, 0.29) is 22.1 Å². The largest absolute Gasteiger partial charge is 0.503 e. The Morgan fingerprint density at radius 2 is 1.76 bits per heavy atom. The molecule has 1 unspecified atom stereocenters. The molecule has 3 rings (SSSR count). The molecule has 1 aromatic heterocycles. The Labute approximate surface area is 199 Å². The van der Waals surface area contributed by atoms with Crippen molar-refractivity contribution in [3.05, 3.63) is 51.3 Å². The van der Waals surface area contributed by atoms with Crippen LogP contribution in [0.5, 0.6) is 23.0 Å². The molecule has 2 aromatic carbocycles. The summed E-state index contributed by atoms with van der Waals surface area (Å²) in [7, 11) is 5.43. The summed E-state index contributed by atoms with van der Waals surface area (Å²) in [6.45, 7) is 0.340. The third-order valence-corrected chi connectivity index (χ3v) is 7.23. The van der Waals surface area contributed by atoms with E-state index in [9.17, 15) is 14.7 Å². The second kappa shape index (κ2) is 10.3. The van der Waals surface area contributed by atoms with Gasteiger partial charge < -0.3 is 28.6 Å². The fourth-order valence-electron chi connectivity index (χ4n) is 3.35. The topological polar surface area (TPSA) is 98.4 Å². The van der Waals surface area contributed by atoms with Crippen molar-refractivity contribution in [2.45, 2.75) is 4.90 Å². The van der Waals surface area contributed by atoms with Crippen LogP contribution in [-0.2, 0) is 10.9 Å². The number of amides is 1. The van der Waals surface area contributed by atoms with E-state index in [4.69, 9.17) is 30.2 Å². The average molecular weight is 495 g/mol. The predicted octanol–water partition coefficient (Wildman–Crippen LogP) is 3.56. The zero-order valence-electron chi connectivity index (χ0n) is 18.9. The van der Waals surface area contributed by atoms with Crippen LogP contribution < -0.4 is 19.8 Å². The van der Waals surface area contributed by atoms with Gasteiger partial charge >= 0.3 is 5.63 Å². The Morgan fingerprint density at radius 1 is 1.12 bits per heavy atom. The first-order chi connectivity index (χ1) is 15.7. The highest BCUT2D eigenvalue weighted by atomic mass is 35.5. The standard InChI is InChI=1S/C23H24ClNO7S/c1-25(22(27)13-10-17(29-2)20(31-4)18(11-13)30-3)8-9-33(5)21-19(26)15-7-6-14(24)12-16(15)32-23(21)28/h6-7,10-12H,8-9H2,1-5H3/p+1. The first kappa shape index (κ1) is 24.6. The maximum atomic E-state index is 13.0. The van der Waals surface area contributed by atoms with Crippen molar-refractivity contribution in [1.82, 2.24) is 4.90 Å². The third-order valence-electron chi connectivity index (χ3n) is 5.14. The third kappa shape index (κ3) is 4.99. The summed E-state index contributed by atoms with van der Waals surface area (Å²) in [5.41, 5.74) is -0.0277. The Bertz CT molecular complexity index is 1220. The molecule has 3 aromatic rings. The molecule has 1 heterocycles. The minimum Gasteiger partial charge on any atom is -0.503 e. The zero-order valence-corrected chi connectivity index (χ0v) is 20.5. The molecule has 33 heavy (non-hydrogen) atoms. The number of methoxy groups -OCH3 is 3. The van der Waals surface area contributed by atoms with Gasteiger partial charge in [0, 0.05) is 34.6 Å². The molecule has 10 heteroatoms. The van der Waals surface area contributed by atoms with Crippen LogP contribution in [-0.4, -0.2) is 62.8 Å². The number of hydrogen-bond acceptors (Lipinski definition) is 7. The number of aromatic hydroxyl groups is 1. The smallest absolute Gasteiger partial charge is 0.396 e. The van der Waals surface area contributed by atoms with Gasteiger partial charge in [0.2, 0.25) is 5.75 Å². The number of ether oxygens (including phenoxy) is 3. The van der Waals surface area contributed by atoms with E-state index in [2.05, 4.69) is 0 Å². The van der Waals surface area contributed by atoms with Crippen LogP contribution >= 0.6 is 11.6 Å². The summed E-state index contributed by atoms with van der Waals surface area (Å²) >= 11 is 5.94. The molecule has 0 spiro atoms. The first-order valence-electron chi connectivity index (χ1n) is 9.85. The Hall–Kier alpha value is -3.04. The normalized spacial score (nSPS) is 11.8. The van der Waals surface area contributed by atoms with E-state index < -0.39 is 16.5 Å². The van der Waals surface area contributed by atoms with Gasteiger partial charge in [-0.25, -0.2) is 4.79 Å². The fourth-order valence-corrected chi connectivity index (χ4v) is 5.03. The summed E-state index contributed by atoms with van der Waals surface area (Å²) in [5.74, 6) is 1.22. The molecule has 1 atom stereocenters. The van der Waals surface area contributed by atoms with E-state index in [1.54, 1.807) is 31.3 Å². The molecule has 0 fully saturated rings. The van der Waals surface area contributed by atoms with E-state index >= 15 is 0 Å². The summed E-state index contributed by atoms with van der Waals surface area (Å²) in [6, 6.07) is 7.88. The summed E-state index contributed by atoms with van der Waals surface area (Å²) < 4.78 is 21.3. The highest BCUT2D eigenvalue weighted by Crippen LogP contribution is 2.38. The summed E-state index contributed by atoms with van der Waals surface area (Å²) in [6.07, 6.45) is 1.82. The van der Waals surface area contributed by atoms with Crippen molar-refractivity contribution >= 4 is 39.4 Å². The van der Waals surface area contributed by atoms with Gasteiger partial charge in [-0.05, 0) is 24.3 Å². The molecule has 0 bridgehead atoms. The van der Waals surface area contributed by atoms with Crippen molar-refractivity contribution in [3.63, 3.8) is 0 Å². The number of carbonyl (C=O) groups excluding carboxylic acids is 1. The van der Waals surface area contributed by atoms with Gasteiger partial charge in [-0.2, -0.15) is 0 Å². The van der Waals surface area contributed by atoms with E-state index in [1.165, 1.54) is 32.3 Å². The number of hydrogen-bond donors (Lipinski definition) is 1. The van der Waals surface area contributed by atoms with Gasteiger partial charge in [0.1, 0.15) is 17.6 Å². The van der Waals surface area contributed by atoms with Gasteiger partial charge in [0.25, 0.3) is 10.8 Å². The van der Waals surface area contributed by atoms with Crippen LogP contribution in [0.4, 0.5) is 0 Å². The number of halogens is 1. The van der Waals surface area contributed by atoms with Crippen molar-refractivity contribution in [3.8, 4) is 23.0 Å². The predicted molar refractivity (Wildman–Crippen MR) is 129 cm³/mol. The molecule has 0 saturated heterocycles. The number of fused-ring (bicyclic) bond motifs is 1. The van der Waals surface area contributed by atoms with Crippen LogP contribution in [0.15, 0.2) is 44.4 Å². The SMILES string of the molecule is COc1cc(C(=O)N(C)CC[S+](C)c2c(O)c3ccc(Cl)cc3oc2=O)cc(OC)c1OC. The van der Waals surface area contributed by atoms with Crippen LogP contribution in [0, 0.1) is 0 Å². The maximum absolute atomic E-state index is 13.0. The van der Waals surface area contributed by atoms with Crippen molar-refractivity contribution in [2.75, 3.05) is 46.9 Å². The Morgan fingerprint density at radius 3 is 2.33 bits per heavy atom. The molecule has 0 aliphatic heterocycles. The Kier molecular flexibility index (Phi) is 7.65. The minimum atomic E-state index is -0.681. The van der Waals surface area contributed by atoms with Crippen molar-refractivity contribution in [1.29, 1.82) is 0 Å². The van der Waals surface area contributed by atoms with Crippen molar-refractivity contribution in [2.24, 2.45) is 0 Å². The van der Waals surface area contributed by atoms with E-state index in [1.807, 2.05) is 6.26 Å². The Balaban J connectivity index is 1.80. The maximum Gasteiger partial charge on any atom is 0.396 e. The molecule has 8 nitrogen and oxygen atoms in total. The van der Waals surface area contributed by atoms with Crippen LogP contribution in [0.3, 0.4) is 0 Å². The molecule has 0 aliphatic carbocycles. The zero-order chi connectivity index (χ0) is 24.3. The lowest BCUT2D eigenvalue weighted by Crippen LogP contribution is -2.32. The van der Waals surface area contributed by atoms with Gasteiger partial charge in [0.05, 0.1) is 33.3 Å². The second-order valence-electron chi connectivity index (χ2n) is 7.19. The van der Waals surface area contributed by atoms with Crippen molar-refractivity contribution < 1.29 is 28.5 Å². The minimum absolute atomic E-state index is 0.123. The van der Waals surface area contributed by atoms with Gasteiger partial charge in [-0.15, -0.1) is 0 Å². The first-order valence-corrected chi connectivity index (χ1v) is 12.0.